The van der Waals surface area contributed by atoms with Gasteiger partial charge in [-0.3, -0.25) is 10.2 Å². The summed E-state index contributed by atoms with van der Waals surface area (Å²) in [6.45, 7) is 8.76. The van der Waals surface area contributed by atoms with Crippen molar-refractivity contribution >= 4 is 17.6 Å². The smallest absolute Gasteiger partial charge is 0.321 e. The average Bonchev–Trinajstić information content (AvgIpc) is 3.41. The Labute approximate surface area is 174 Å². The molecule has 3 aromatic heterocycles. The van der Waals surface area contributed by atoms with Crippen LogP contribution in [0.2, 0.25) is 0 Å². The number of anilines is 2. The molecule has 0 unspecified atom stereocenters. The Morgan fingerprint density at radius 3 is 2.80 bits per heavy atom. The van der Waals surface area contributed by atoms with Crippen LogP contribution in [0.1, 0.15) is 18.3 Å². The van der Waals surface area contributed by atoms with Crippen molar-refractivity contribution in [2.75, 3.05) is 42.9 Å². The monoisotopic (exact) mass is 410 g/mol. The quantitative estimate of drug-likeness (QED) is 0.571. The number of amides is 2. The maximum Gasteiger partial charge on any atom is 0.321 e. The Bertz CT molecular complexity index is 977. The van der Waals surface area contributed by atoms with E-state index >= 15 is 0 Å². The lowest BCUT2D eigenvalue weighted by atomic mass is 10.2. The summed E-state index contributed by atoms with van der Waals surface area (Å²) in [5, 5.41) is 9.34. The number of aryl methyl sites for hydroxylation is 1. The molecule has 158 valence electrons. The van der Waals surface area contributed by atoms with Gasteiger partial charge in [-0.05, 0) is 26.0 Å². The highest BCUT2D eigenvalue weighted by molar-refractivity contribution is 5.87. The Balaban J connectivity index is 1.31. The Morgan fingerprint density at radius 1 is 1.27 bits per heavy atom. The second kappa shape index (κ2) is 8.95. The minimum Gasteiger partial charge on any atom is -0.368 e. The predicted molar refractivity (Wildman–Crippen MR) is 113 cm³/mol. The number of hydrogen-bond donors (Lipinski definition) is 3. The van der Waals surface area contributed by atoms with Crippen LogP contribution in [-0.4, -0.2) is 63.8 Å². The first-order chi connectivity index (χ1) is 14.6. The van der Waals surface area contributed by atoms with Crippen molar-refractivity contribution in [3.05, 3.63) is 42.0 Å². The highest BCUT2D eigenvalue weighted by atomic mass is 16.5. The molecule has 1 saturated heterocycles. The van der Waals surface area contributed by atoms with Gasteiger partial charge >= 0.3 is 6.03 Å². The summed E-state index contributed by atoms with van der Waals surface area (Å²) in [5.41, 5.74) is 3.80. The fourth-order valence-corrected chi connectivity index (χ4v) is 3.56. The standard InChI is InChI=1S/C20H26N8O2/c1-3-21-20(29)25-18-12-15(26-30-18)13-27-8-10-28(11-9-27)17-5-4-16(24-14(17)2)19-22-6-7-23-19/h4-7,12H,3,8-11,13H2,1-2H3,(H,22,23)(H2,21,25,29). The van der Waals surface area contributed by atoms with Crippen molar-refractivity contribution in [2.45, 2.75) is 20.4 Å². The number of urea groups is 1. The summed E-state index contributed by atoms with van der Waals surface area (Å²) < 4.78 is 5.20. The van der Waals surface area contributed by atoms with Gasteiger partial charge in [0, 0.05) is 57.7 Å². The number of aromatic amines is 1. The Hall–Kier alpha value is -3.40. The van der Waals surface area contributed by atoms with Crippen molar-refractivity contribution in [3.8, 4) is 11.5 Å². The first-order valence-electron chi connectivity index (χ1n) is 10.1. The molecule has 30 heavy (non-hydrogen) atoms. The number of aromatic nitrogens is 4. The Kier molecular flexibility index (Phi) is 5.94. The van der Waals surface area contributed by atoms with E-state index in [-0.39, 0.29) is 6.03 Å². The number of rotatable bonds is 6. The lowest BCUT2D eigenvalue weighted by Crippen LogP contribution is -2.46. The third-order valence-electron chi connectivity index (χ3n) is 5.03. The van der Waals surface area contributed by atoms with Crippen LogP contribution >= 0.6 is 0 Å². The molecule has 10 heteroatoms. The lowest BCUT2D eigenvalue weighted by Gasteiger charge is -2.36. The van der Waals surface area contributed by atoms with Gasteiger partial charge in [-0.1, -0.05) is 5.16 Å². The number of nitrogens with one attached hydrogen (secondary N) is 3. The van der Waals surface area contributed by atoms with E-state index in [1.54, 1.807) is 18.5 Å². The number of imidazole rings is 1. The summed E-state index contributed by atoms with van der Waals surface area (Å²) >= 11 is 0. The van der Waals surface area contributed by atoms with E-state index in [9.17, 15) is 4.79 Å². The van der Waals surface area contributed by atoms with E-state index in [0.717, 1.165) is 54.8 Å². The number of carbonyl (C=O) groups is 1. The van der Waals surface area contributed by atoms with E-state index in [1.807, 2.05) is 19.9 Å². The zero-order chi connectivity index (χ0) is 20.9. The lowest BCUT2D eigenvalue weighted by molar-refractivity contribution is 0.242. The number of H-pyrrole nitrogens is 1. The zero-order valence-corrected chi connectivity index (χ0v) is 17.2. The molecule has 10 nitrogen and oxygen atoms in total. The van der Waals surface area contributed by atoms with E-state index in [1.165, 1.54) is 0 Å². The van der Waals surface area contributed by atoms with Crippen LogP contribution in [-0.2, 0) is 6.54 Å². The minimum atomic E-state index is -0.296. The number of piperazine rings is 1. The molecule has 0 spiro atoms. The summed E-state index contributed by atoms with van der Waals surface area (Å²) in [5.74, 6) is 1.14. The molecule has 1 fully saturated rings. The maximum atomic E-state index is 11.6. The average molecular weight is 410 g/mol. The third kappa shape index (κ3) is 4.60. The minimum absolute atomic E-state index is 0.296. The van der Waals surface area contributed by atoms with E-state index < -0.39 is 0 Å². The van der Waals surface area contributed by atoms with Gasteiger partial charge in [-0.15, -0.1) is 0 Å². The molecule has 2 amide bonds. The molecule has 4 heterocycles. The zero-order valence-electron chi connectivity index (χ0n) is 17.2. The fraction of sp³-hybridized carbons (Fsp3) is 0.400. The van der Waals surface area contributed by atoms with Crippen molar-refractivity contribution in [3.63, 3.8) is 0 Å². The van der Waals surface area contributed by atoms with Crippen LogP contribution in [0.15, 0.2) is 35.1 Å². The summed E-state index contributed by atoms with van der Waals surface area (Å²) in [6, 6.07) is 5.60. The molecule has 0 aliphatic carbocycles. The number of carbonyl (C=O) groups excluding carboxylic acids is 1. The number of hydrogen-bond acceptors (Lipinski definition) is 7. The molecule has 3 N–H and O–H groups in total. The largest absolute Gasteiger partial charge is 0.368 e. The van der Waals surface area contributed by atoms with Crippen LogP contribution in [0.3, 0.4) is 0 Å². The van der Waals surface area contributed by atoms with E-state index in [0.29, 0.717) is 19.0 Å². The molecule has 0 radical (unpaired) electrons. The van der Waals surface area contributed by atoms with E-state index in [4.69, 9.17) is 9.51 Å². The van der Waals surface area contributed by atoms with Gasteiger partial charge in [0.15, 0.2) is 5.82 Å². The number of nitrogens with zero attached hydrogens (tertiary/aromatic N) is 5. The van der Waals surface area contributed by atoms with Crippen molar-refractivity contribution in [2.24, 2.45) is 0 Å². The molecule has 0 aromatic carbocycles. The highest BCUT2D eigenvalue weighted by Crippen LogP contribution is 2.24. The molecule has 0 saturated carbocycles. The maximum absolute atomic E-state index is 11.6. The van der Waals surface area contributed by atoms with Gasteiger partial charge < -0.3 is 19.7 Å². The molecule has 0 bridgehead atoms. The molecule has 1 aliphatic heterocycles. The van der Waals surface area contributed by atoms with Gasteiger partial charge in [0.2, 0.25) is 5.88 Å². The molecule has 4 rings (SSSR count). The van der Waals surface area contributed by atoms with Crippen molar-refractivity contribution in [1.29, 1.82) is 0 Å². The Morgan fingerprint density at radius 2 is 2.10 bits per heavy atom. The first kappa shape index (κ1) is 19.9. The third-order valence-corrected chi connectivity index (χ3v) is 5.03. The summed E-state index contributed by atoms with van der Waals surface area (Å²) in [4.78, 5) is 28.3. The molecular formula is C20H26N8O2. The van der Waals surface area contributed by atoms with Crippen molar-refractivity contribution < 1.29 is 9.32 Å². The van der Waals surface area contributed by atoms with Gasteiger partial charge in [-0.25, -0.2) is 14.8 Å². The highest BCUT2D eigenvalue weighted by Gasteiger charge is 2.20. The first-order valence-corrected chi connectivity index (χ1v) is 10.1. The predicted octanol–water partition coefficient (Wildman–Crippen LogP) is 2.23. The summed E-state index contributed by atoms with van der Waals surface area (Å²) in [7, 11) is 0. The normalized spacial score (nSPS) is 14.7. The topological polar surface area (TPSA) is 115 Å². The molecule has 0 atom stereocenters. The molecule has 1 aliphatic rings. The second-order valence-corrected chi connectivity index (χ2v) is 7.17. The molecule has 3 aromatic rings. The van der Waals surface area contributed by atoms with Crippen LogP contribution in [0, 0.1) is 6.92 Å². The summed E-state index contributed by atoms with van der Waals surface area (Å²) in [6.07, 6.45) is 3.53. The van der Waals surface area contributed by atoms with Crippen LogP contribution in [0.4, 0.5) is 16.4 Å². The van der Waals surface area contributed by atoms with Crippen LogP contribution in [0.25, 0.3) is 11.5 Å². The van der Waals surface area contributed by atoms with Gasteiger partial charge in [-0.2, -0.15) is 0 Å². The second-order valence-electron chi connectivity index (χ2n) is 7.17. The van der Waals surface area contributed by atoms with Gasteiger partial charge in [0.05, 0.1) is 17.1 Å². The van der Waals surface area contributed by atoms with Crippen LogP contribution in [0.5, 0.6) is 0 Å². The molecular weight excluding hydrogens is 384 g/mol. The van der Waals surface area contributed by atoms with Gasteiger partial charge in [0.1, 0.15) is 5.69 Å². The van der Waals surface area contributed by atoms with Crippen LogP contribution < -0.4 is 15.5 Å². The van der Waals surface area contributed by atoms with Crippen molar-refractivity contribution in [1.82, 2.24) is 30.3 Å². The SMILES string of the molecule is CCNC(=O)Nc1cc(CN2CCN(c3ccc(-c4ncc[nH]4)nc3C)CC2)no1. The van der Waals surface area contributed by atoms with E-state index in [2.05, 4.69) is 41.6 Å². The van der Waals surface area contributed by atoms with Gasteiger partial charge in [0.25, 0.3) is 0 Å². The fourth-order valence-electron chi connectivity index (χ4n) is 3.56. The number of pyridine rings is 1.